The van der Waals surface area contributed by atoms with Crippen LogP contribution in [-0.4, -0.2) is 56.1 Å². The Balaban J connectivity index is 1.62. The van der Waals surface area contributed by atoms with E-state index in [-0.39, 0.29) is 17.6 Å². The topological polar surface area (TPSA) is 75.0 Å². The molecule has 3 heterocycles. The van der Waals surface area contributed by atoms with E-state index in [1.807, 2.05) is 12.1 Å². The maximum Gasteiger partial charge on any atom is 0.291 e. The van der Waals surface area contributed by atoms with Gasteiger partial charge in [0.15, 0.2) is 10.4 Å². The van der Waals surface area contributed by atoms with E-state index in [0.29, 0.717) is 42.2 Å². The normalized spacial score (nSPS) is 17.3. The minimum absolute atomic E-state index is 0.0465. The number of piperidine rings is 1. The van der Waals surface area contributed by atoms with Gasteiger partial charge >= 0.3 is 0 Å². The molecule has 29 heavy (non-hydrogen) atoms. The summed E-state index contributed by atoms with van der Waals surface area (Å²) in [6, 6.07) is 8.85. The number of ether oxygens (including phenoxy) is 1. The van der Waals surface area contributed by atoms with E-state index >= 15 is 0 Å². The molecule has 1 aromatic carbocycles. The number of halogens is 1. The number of amides is 2. The third-order valence-corrected chi connectivity index (χ3v) is 5.71. The number of morpholine rings is 1. The van der Waals surface area contributed by atoms with Crippen molar-refractivity contribution in [3.8, 4) is 0 Å². The van der Waals surface area contributed by atoms with Gasteiger partial charge in [-0.05, 0) is 65.5 Å². The molecule has 154 valence electrons. The van der Waals surface area contributed by atoms with Crippen molar-refractivity contribution < 1.29 is 18.7 Å². The van der Waals surface area contributed by atoms with E-state index in [9.17, 15) is 9.59 Å². The van der Waals surface area contributed by atoms with Crippen LogP contribution in [0.5, 0.6) is 0 Å². The first-order valence-corrected chi connectivity index (χ1v) is 10.7. The zero-order valence-corrected chi connectivity index (χ0v) is 17.7. The number of carbonyl (C=O) groups is 2. The molecule has 2 saturated heterocycles. The van der Waals surface area contributed by atoms with Crippen molar-refractivity contribution in [1.29, 1.82) is 0 Å². The molecule has 0 bridgehead atoms. The van der Waals surface area contributed by atoms with Gasteiger partial charge in [0.25, 0.3) is 11.8 Å². The van der Waals surface area contributed by atoms with E-state index in [0.717, 1.165) is 31.6 Å². The van der Waals surface area contributed by atoms with Crippen LogP contribution in [0.3, 0.4) is 0 Å². The Kier molecular flexibility index (Phi) is 6.20. The predicted octanol–water partition coefficient (Wildman–Crippen LogP) is 3.76. The molecule has 2 aromatic rings. The number of carbonyl (C=O) groups excluding carboxylic acids is 2. The number of hydrogen-bond donors (Lipinski definition) is 1. The van der Waals surface area contributed by atoms with E-state index in [2.05, 4.69) is 26.1 Å². The van der Waals surface area contributed by atoms with Crippen molar-refractivity contribution in [2.24, 2.45) is 0 Å². The van der Waals surface area contributed by atoms with Gasteiger partial charge < -0.3 is 24.3 Å². The molecule has 8 heteroatoms. The van der Waals surface area contributed by atoms with Gasteiger partial charge in [0.2, 0.25) is 0 Å². The molecule has 1 aromatic heterocycles. The van der Waals surface area contributed by atoms with Crippen molar-refractivity contribution in [1.82, 2.24) is 4.90 Å². The second kappa shape index (κ2) is 9.00. The summed E-state index contributed by atoms with van der Waals surface area (Å²) >= 11 is 3.22. The zero-order valence-electron chi connectivity index (χ0n) is 16.2. The molecule has 2 fully saturated rings. The molecular weight excluding hydrogens is 438 g/mol. The molecule has 0 aliphatic carbocycles. The first-order chi connectivity index (χ1) is 14.1. The van der Waals surface area contributed by atoms with Crippen molar-refractivity contribution in [3.05, 3.63) is 46.3 Å². The maximum absolute atomic E-state index is 12.9. The van der Waals surface area contributed by atoms with E-state index in [1.54, 1.807) is 23.1 Å². The van der Waals surface area contributed by atoms with Crippen LogP contribution in [0.4, 0.5) is 11.4 Å². The summed E-state index contributed by atoms with van der Waals surface area (Å²) in [7, 11) is 0. The molecule has 0 atom stereocenters. The van der Waals surface area contributed by atoms with Crippen LogP contribution in [-0.2, 0) is 4.74 Å². The average molecular weight is 462 g/mol. The van der Waals surface area contributed by atoms with Crippen LogP contribution in [0.25, 0.3) is 0 Å². The minimum Gasteiger partial charge on any atom is -0.444 e. The summed E-state index contributed by atoms with van der Waals surface area (Å²) in [5.41, 5.74) is 2.12. The molecule has 2 aliphatic heterocycles. The predicted molar refractivity (Wildman–Crippen MR) is 114 cm³/mol. The van der Waals surface area contributed by atoms with Gasteiger partial charge in [-0.2, -0.15) is 0 Å². The third kappa shape index (κ3) is 4.64. The standard InChI is InChI=1S/C21H24BrN3O4/c22-19-7-6-18(29-19)20(26)23-16-14-15(21(27)25-10-12-28-13-11-25)4-5-17(16)24-8-2-1-3-9-24/h4-7,14H,1-3,8-13H2,(H,23,26). The highest BCUT2D eigenvalue weighted by molar-refractivity contribution is 9.10. The fourth-order valence-corrected chi connectivity index (χ4v) is 4.06. The van der Waals surface area contributed by atoms with Gasteiger partial charge in [-0.1, -0.05) is 0 Å². The molecule has 0 unspecified atom stereocenters. The van der Waals surface area contributed by atoms with E-state index in [1.165, 1.54) is 6.42 Å². The zero-order chi connectivity index (χ0) is 20.2. The van der Waals surface area contributed by atoms with Gasteiger partial charge in [-0.15, -0.1) is 0 Å². The summed E-state index contributed by atoms with van der Waals surface area (Å²) in [5.74, 6) is -0.175. The molecular formula is C21H24BrN3O4. The lowest BCUT2D eigenvalue weighted by Crippen LogP contribution is -2.40. The van der Waals surface area contributed by atoms with Gasteiger partial charge in [0.05, 0.1) is 24.6 Å². The summed E-state index contributed by atoms with van der Waals surface area (Å²) < 4.78 is 11.2. The third-order valence-electron chi connectivity index (χ3n) is 5.28. The molecule has 0 radical (unpaired) electrons. The molecule has 2 aliphatic rings. The SMILES string of the molecule is O=C(Nc1cc(C(=O)N2CCOCC2)ccc1N1CCCCC1)c1ccc(Br)o1. The molecule has 0 saturated carbocycles. The molecule has 4 rings (SSSR count). The van der Waals surface area contributed by atoms with Gasteiger partial charge in [0.1, 0.15) is 0 Å². The highest BCUT2D eigenvalue weighted by Crippen LogP contribution is 2.31. The molecule has 1 N–H and O–H groups in total. The highest BCUT2D eigenvalue weighted by atomic mass is 79.9. The van der Waals surface area contributed by atoms with Crippen molar-refractivity contribution >= 4 is 39.1 Å². The Morgan fingerprint density at radius 3 is 2.41 bits per heavy atom. The fourth-order valence-electron chi connectivity index (χ4n) is 3.75. The monoisotopic (exact) mass is 461 g/mol. The number of nitrogens with one attached hydrogen (secondary N) is 1. The Bertz CT molecular complexity index is 886. The Morgan fingerprint density at radius 2 is 1.72 bits per heavy atom. The Hall–Kier alpha value is -2.32. The quantitative estimate of drug-likeness (QED) is 0.749. The molecule has 7 nitrogen and oxygen atoms in total. The van der Waals surface area contributed by atoms with Crippen molar-refractivity contribution in [2.45, 2.75) is 19.3 Å². The summed E-state index contributed by atoms with van der Waals surface area (Å²) in [4.78, 5) is 29.7. The van der Waals surface area contributed by atoms with Crippen LogP contribution >= 0.6 is 15.9 Å². The lowest BCUT2D eigenvalue weighted by atomic mass is 10.1. The van der Waals surface area contributed by atoms with E-state index < -0.39 is 0 Å². The second-order valence-electron chi connectivity index (χ2n) is 7.24. The lowest BCUT2D eigenvalue weighted by Gasteiger charge is -2.31. The number of anilines is 2. The average Bonchev–Trinajstić information content (AvgIpc) is 3.21. The number of benzene rings is 1. The second-order valence-corrected chi connectivity index (χ2v) is 8.02. The Labute approximate surface area is 178 Å². The highest BCUT2D eigenvalue weighted by Gasteiger charge is 2.23. The number of hydrogen-bond acceptors (Lipinski definition) is 5. The van der Waals surface area contributed by atoms with E-state index in [4.69, 9.17) is 9.15 Å². The summed E-state index contributed by atoms with van der Waals surface area (Å²) in [5, 5.41) is 2.95. The van der Waals surface area contributed by atoms with Gasteiger partial charge in [-0.3, -0.25) is 9.59 Å². The smallest absolute Gasteiger partial charge is 0.291 e. The van der Waals surface area contributed by atoms with Gasteiger partial charge in [0, 0.05) is 31.7 Å². The van der Waals surface area contributed by atoms with Crippen LogP contribution in [0.2, 0.25) is 0 Å². The summed E-state index contributed by atoms with van der Waals surface area (Å²) in [6.07, 6.45) is 3.45. The number of rotatable bonds is 4. The Morgan fingerprint density at radius 1 is 0.966 bits per heavy atom. The molecule has 2 amide bonds. The first kappa shape index (κ1) is 20.0. The molecule has 0 spiro atoms. The number of nitrogens with zero attached hydrogens (tertiary/aromatic N) is 2. The van der Waals surface area contributed by atoms with Crippen LogP contribution in [0.1, 0.15) is 40.2 Å². The first-order valence-electron chi connectivity index (χ1n) is 9.94. The maximum atomic E-state index is 12.9. The number of furan rings is 1. The lowest BCUT2D eigenvalue weighted by molar-refractivity contribution is 0.0303. The minimum atomic E-state index is -0.343. The van der Waals surface area contributed by atoms with Crippen LogP contribution in [0.15, 0.2) is 39.4 Å². The van der Waals surface area contributed by atoms with Crippen molar-refractivity contribution in [2.75, 3.05) is 49.6 Å². The largest absolute Gasteiger partial charge is 0.444 e. The van der Waals surface area contributed by atoms with Crippen LogP contribution in [0, 0.1) is 0 Å². The van der Waals surface area contributed by atoms with Gasteiger partial charge in [-0.25, -0.2) is 0 Å². The fraction of sp³-hybridized carbons (Fsp3) is 0.429. The summed E-state index contributed by atoms with van der Waals surface area (Å²) in [6.45, 7) is 4.13. The van der Waals surface area contributed by atoms with Crippen LogP contribution < -0.4 is 10.2 Å². The van der Waals surface area contributed by atoms with Crippen molar-refractivity contribution in [3.63, 3.8) is 0 Å².